The van der Waals surface area contributed by atoms with Gasteiger partial charge in [0.05, 0.1) is 5.56 Å². The van der Waals surface area contributed by atoms with Crippen molar-refractivity contribution in [3.63, 3.8) is 0 Å². The lowest BCUT2D eigenvalue weighted by Gasteiger charge is -2.35. The molecule has 3 heterocycles. The van der Waals surface area contributed by atoms with Crippen molar-refractivity contribution in [2.45, 2.75) is 31.3 Å². The van der Waals surface area contributed by atoms with Gasteiger partial charge in [0.1, 0.15) is 11.4 Å². The van der Waals surface area contributed by atoms with Crippen LogP contribution in [-0.2, 0) is 15.1 Å². The highest BCUT2D eigenvalue weighted by molar-refractivity contribution is 5.95. The van der Waals surface area contributed by atoms with Crippen LogP contribution in [0, 0.1) is 11.7 Å². The van der Waals surface area contributed by atoms with Gasteiger partial charge in [-0.2, -0.15) is 0 Å². The van der Waals surface area contributed by atoms with Gasteiger partial charge in [0.2, 0.25) is 11.9 Å². The molecule has 5 rings (SSSR count). The number of anilines is 1. The molecule has 1 saturated carbocycles. The molecule has 156 valence electrons. The monoisotopic (exact) mass is 418 g/mol. The van der Waals surface area contributed by atoms with Crippen LogP contribution in [0.2, 0.25) is 0 Å². The minimum atomic E-state index is -0.685. The molecule has 1 aliphatic heterocycles. The van der Waals surface area contributed by atoms with E-state index in [2.05, 4.69) is 20.3 Å². The summed E-state index contributed by atoms with van der Waals surface area (Å²) in [6.45, 7) is 0. The number of carbonyl (C=O) groups excluding carboxylic acids is 2. The second-order valence-corrected chi connectivity index (χ2v) is 7.84. The summed E-state index contributed by atoms with van der Waals surface area (Å²) < 4.78 is 19.6. The Bertz CT molecular complexity index is 1160. The highest BCUT2D eigenvalue weighted by Crippen LogP contribution is 2.47. The van der Waals surface area contributed by atoms with Gasteiger partial charge in [0, 0.05) is 47.4 Å². The number of hydrogen-bond acceptors (Lipinski definition) is 6. The zero-order valence-electron chi connectivity index (χ0n) is 16.5. The predicted octanol–water partition coefficient (Wildman–Crippen LogP) is 3.87. The summed E-state index contributed by atoms with van der Waals surface area (Å²) in [6.07, 6.45) is 8.49. The second-order valence-electron chi connectivity index (χ2n) is 7.84. The lowest BCUT2D eigenvalue weighted by Crippen LogP contribution is -2.36. The van der Waals surface area contributed by atoms with Gasteiger partial charge in [-0.25, -0.2) is 19.2 Å². The zero-order valence-corrected chi connectivity index (χ0v) is 16.5. The Morgan fingerprint density at radius 2 is 1.81 bits per heavy atom. The Balaban J connectivity index is 1.24. The smallest absolute Gasteiger partial charge is 0.339 e. The minimum absolute atomic E-state index is 0.173. The molecule has 1 aromatic carbocycles. The van der Waals surface area contributed by atoms with Crippen LogP contribution in [0.4, 0.5) is 10.3 Å². The third-order valence-electron chi connectivity index (χ3n) is 6.06. The number of benzene rings is 1. The molecule has 31 heavy (non-hydrogen) atoms. The number of hydrogen-bond donors (Lipinski definition) is 1. The highest BCUT2D eigenvalue weighted by Gasteiger charge is 2.48. The fraction of sp³-hybridized carbons (Fsp3) is 0.261. The Kier molecular flexibility index (Phi) is 4.69. The van der Waals surface area contributed by atoms with E-state index in [-0.39, 0.29) is 29.6 Å². The molecule has 7 nitrogen and oxygen atoms in total. The molecule has 1 fully saturated rings. The summed E-state index contributed by atoms with van der Waals surface area (Å²) >= 11 is 0. The van der Waals surface area contributed by atoms with Crippen LogP contribution >= 0.6 is 0 Å². The van der Waals surface area contributed by atoms with Crippen LogP contribution in [0.1, 0.15) is 41.6 Å². The molecule has 0 radical (unpaired) electrons. The summed E-state index contributed by atoms with van der Waals surface area (Å²) in [5.41, 5.74) is 1.62. The van der Waals surface area contributed by atoms with Crippen LogP contribution in [0.15, 0.2) is 55.1 Å². The molecule has 8 heteroatoms. The minimum Gasteiger partial charge on any atom is -0.450 e. The lowest BCUT2D eigenvalue weighted by atomic mass is 9.75. The zero-order chi connectivity index (χ0) is 21.4. The average molecular weight is 418 g/mol. The summed E-state index contributed by atoms with van der Waals surface area (Å²) in [6, 6.07) is 8.04. The first-order chi connectivity index (χ1) is 15.1. The number of pyridine rings is 1. The molecule has 1 aliphatic carbocycles. The number of carbonyl (C=O) groups is 2. The molecule has 2 aliphatic rings. The van der Waals surface area contributed by atoms with Crippen molar-refractivity contribution in [3.8, 4) is 11.1 Å². The van der Waals surface area contributed by atoms with Gasteiger partial charge in [-0.3, -0.25) is 15.1 Å². The van der Waals surface area contributed by atoms with Crippen molar-refractivity contribution in [1.29, 1.82) is 0 Å². The largest absolute Gasteiger partial charge is 0.450 e. The average Bonchev–Trinajstić information content (AvgIpc) is 3.07. The molecule has 1 amide bonds. The van der Waals surface area contributed by atoms with Gasteiger partial charge < -0.3 is 4.74 Å². The summed E-state index contributed by atoms with van der Waals surface area (Å²) in [7, 11) is 0. The number of rotatable bonds is 3. The SMILES string of the molecule is O=C1OC2(CCC(C(=O)Nc3ncc(-c4ccccc4F)cn3)CC2)c2cnccc21. The Morgan fingerprint density at radius 3 is 2.55 bits per heavy atom. The molecule has 1 spiro atoms. The van der Waals surface area contributed by atoms with E-state index in [0.29, 0.717) is 42.4 Å². The Labute approximate surface area is 177 Å². The van der Waals surface area contributed by atoms with Crippen LogP contribution < -0.4 is 5.32 Å². The molecule has 2 aromatic heterocycles. The van der Waals surface area contributed by atoms with Crippen molar-refractivity contribution >= 4 is 17.8 Å². The van der Waals surface area contributed by atoms with Gasteiger partial charge in [0.25, 0.3) is 0 Å². The topological polar surface area (TPSA) is 94.1 Å². The van der Waals surface area contributed by atoms with Crippen molar-refractivity contribution in [2.24, 2.45) is 5.92 Å². The first-order valence-electron chi connectivity index (χ1n) is 10.1. The molecular weight excluding hydrogens is 399 g/mol. The molecule has 0 saturated heterocycles. The first-order valence-corrected chi connectivity index (χ1v) is 10.1. The van der Waals surface area contributed by atoms with E-state index in [1.54, 1.807) is 36.7 Å². The molecule has 0 unspecified atom stereocenters. The quantitative estimate of drug-likeness (QED) is 0.649. The van der Waals surface area contributed by atoms with E-state index in [4.69, 9.17) is 4.74 Å². The number of nitrogens with zero attached hydrogens (tertiary/aromatic N) is 3. The molecular formula is C23H19FN4O3. The van der Waals surface area contributed by atoms with Crippen LogP contribution in [0.25, 0.3) is 11.1 Å². The van der Waals surface area contributed by atoms with Crippen molar-refractivity contribution < 1.29 is 18.7 Å². The normalized spacial score (nSPS) is 22.1. The molecule has 0 bridgehead atoms. The van der Waals surface area contributed by atoms with Crippen molar-refractivity contribution in [3.05, 3.63) is 72.1 Å². The third-order valence-corrected chi connectivity index (χ3v) is 6.06. The fourth-order valence-electron chi connectivity index (χ4n) is 4.38. The maximum atomic E-state index is 13.9. The van der Waals surface area contributed by atoms with Crippen LogP contribution in [-0.4, -0.2) is 26.8 Å². The van der Waals surface area contributed by atoms with Gasteiger partial charge in [0.15, 0.2) is 0 Å². The summed E-state index contributed by atoms with van der Waals surface area (Å²) in [4.78, 5) is 37.3. The standard InChI is InChI=1S/C23H19FN4O3/c24-19-4-2-1-3-16(19)15-11-26-22(27-12-15)28-20(29)14-5-8-23(9-6-14)18-13-25-10-7-17(18)21(30)31-23/h1-4,7,10-14H,5-6,8-9H2,(H,26,27,28,29). The van der Waals surface area contributed by atoms with E-state index >= 15 is 0 Å². The van der Waals surface area contributed by atoms with E-state index < -0.39 is 5.60 Å². The third kappa shape index (κ3) is 3.43. The van der Waals surface area contributed by atoms with Gasteiger partial charge in [-0.15, -0.1) is 0 Å². The number of esters is 1. The molecule has 3 aromatic rings. The van der Waals surface area contributed by atoms with Crippen molar-refractivity contribution in [1.82, 2.24) is 15.0 Å². The predicted molar refractivity (Wildman–Crippen MR) is 109 cm³/mol. The number of nitrogens with one attached hydrogen (secondary N) is 1. The summed E-state index contributed by atoms with van der Waals surface area (Å²) in [5, 5.41) is 2.74. The van der Waals surface area contributed by atoms with Gasteiger partial charge in [-0.1, -0.05) is 18.2 Å². The number of amides is 1. The van der Waals surface area contributed by atoms with Crippen molar-refractivity contribution in [2.75, 3.05) is 5.32 Å². The fourth-order valence-corrected chi connectivity index (χ4v) is 4.38. The van der Waals surface area contributed by atoms with Crippen LogP contribution in [0.3, 0.4) is 0 Å². The summed E-state index contributed by atoms with van der Waals surface area (Å²) in [5.74, 6) is -0.927. The lowest BCUT2D eigenvalue weighted by molar-refractivity contribution is -0.122. The second kappa shape index (κ2) is 7.54. The number of halogens is 1. The first kappa shape index (κ1) is 19.3. The Hall–Kier alpha value is -3.68. The van der Waals surface area contributed by atoms with E-state index in [1.165, 1.54) is 18.5 Å². The number of fused-ring (bicyclic) bond motifs is 2. The molecule has 1 N–H and O–H groups in total. The van der Waals surface area contributed by atoms with E-state index in [9.17, 15) is 14.0 Å². The van der Waals surface area contributed by atoms with Gasteiger partial charge >= 0.3 is 5.97 Å². The van der Waals surface area contributed by atoms with E-state index in [1.807, 2.05) is 0 Å². The number of aromatic nitrogens is 3. The van der Waals surface area contributed by atoms with Crippen LogP contribution in [0.5, 0.6) is 0 Å². The highest BCUT2D eigenvalue weighted by atomic mass is 19.1. The maximum absolute atomic E-state index is 13.9. The van der Waals surface area contributed by atoms with Gasteiger partial charge in [-0.05, 0) is 37.8 Å². The maximum Gasteiger partial charge on any atom is 0.339 e. The van der Waals surface area contributed by atoms with E-state index in [0.717, 1.165) is 5.56 Å². The number of ether oxygens (including phenoxy) is 1. The Morgan fingerprint density at radius 1 is 1.06 bits per heavy atom. The molecule has 0 atom stereocenters.